The van der Waals surface area contributed by atoms with E-state index in [1.807, 2.05) is 7.11 Å². The van der Waals surface area contributed by atoms with Gasteiger partial charge in [0.15, 0.2) is 0 Å². The van der Waals surface area contributed by atoms with Crippen molar-refractivity contribution in [2.24, 2.45) is 17.6 Å². The molecule has 0 spiro atoms. The van der Waals surface area contributed by atoms with E-state index in [2.05, 4.69) is 0 Å². The number of hydrogen-bond donors (Lipinski definition) is 1. The van der Waals surface area contributed by atoms with Crippen molar-refractivity contribution in [2.75, 3.05) is 7.11 Å². The molecule has 0 aromatic heterocycles. The SMILES string of the molecule is COC(C(N)CC1CCCCC1)C1CCCCC1. The summed E-state index contributed by atoms with van der Waals surface area (Å²) in [4.78, 5) is 0. The standard InChI is InChI=1S/C16H31NO/c1-18-16(14-10-6-3-7-11-14)15(17)12-13-8-4-2-5-9-13/h13-16H,2-12,17H2,1H3. The molecule has 2 fully saturated rings. The summed E-state index contributed by atoms with van der Waals surface area (Å²) in [5, 5.41) is 0. The summed E-state index contributed by atoms with van der Waals surface area (Å²) in [6, 6.07) is 0.265. The first-order valence-corrected chi connectivity index (χ1v) is 8.09. The molecule has 0 aliphatic heterocycles. The largest absolute Gasteiger partial charge is 0.380 e. The van der Waals surface area contributed by atoms with Gasteiger partial charge in [0.1, 0.15) is 0 Å². The van der Waals surface area contributed by atoms with Gasteiger partial charge in [-0.25, -0.2) is 0 Å². The van der Waals surface area contributed by atoms with Crippen molar-refractivity contribution in [1.29, 1.82) is 0 Å². The molecule has 18 heavy (non-hydrogen) atoms. The molecule has 0 aromatic rings. The van der Waals surface area contributed by atoms with Gasteiger partial charge in [0, 0.05) is 13.2 Å². The fraction of sp³-hybridized carbons (Fsp3) is 1.00. The third kappa shape index (κ3) is 3.96. The molecular formula is C16H31NO. The fourth-order valence-electron chi connectivity index (χ4n) is 4.12. The van der Waals surface area contributed by atoms with Crippen LogP contribution in [0.4, 0.5) is 0 Å². The van der Waals surface area contributed by atoms with Gasteiger partial charge >= 0.3 is 0 Å². The van der Waals surface area contributed by atoms with Gasteiger partial charge in [0.05, 0.1) is 6.10 Å². The van der Waals surface area contributed by atoms with Crippen molar-refractivity contribution in [3.05, 3.63) is 0 Å². The number of methoxy groups -OCH3 is 1. The van der Waals surface area contributed by atoms with E-state index in [9.17, 15) is 0 Å². The summed E-state index contributed by atoms with van der Waals surface area (Å²) in [5.74, 6) is 1.59. The Balaban J connectivity index is 1.81. The van der Waals surface area contributed by atoms with Gasteiger partial charge < -0.3 is 10.5 Å². The topological polar surface area (TPSA) is 35.2 Å². The Morgan fingerprint density at radius 3 is 2.06 bits per heavy atom. The molecule has 0 radical (unpaired) electrons. The van der Waals surface area contributed by atoms with Crippen molar-refractivity contribution < 1.29 is 4.74 Å². The van der Waals surface area contributed by atoms with Crippen LogP contribution < -0.4 is 5.73 Å². The van der Waals surface area contributed by atoms with E-state index in [-0.39, 0.29) is 6.04 Å². The molecule has 2 rings (SSSR count). The zero-order chi connectivity index (χ0) is 12.8. The van der Waals surface area contributed by atoms with Gasteiger partial charge in [0.25, 0.3) is 0 Å². The van der Waals surface area contributed by atoms with Crippen LogP contribution in [0.1, 0.15) is 70.6 Å². The van der Waals surface area contributed by atoms with Crippen LogP contribution in [-0.2, 0) is 4.74 Å². The lowest BCUT2D eigenvalue weighted by atomic mass is 9.78. The molecule has 0 saturated heterocycles. The minimum atomic E-state index is 0.265. The molecule has 2 aliphatic carbocycles. The van der Waals surface area contributed by atoms with Crippen molar-refractivity contribution in [2.45, 2.75) is 82.8 Å². The molecule has 2 aliphatic rings. The number of rotatable bonds is 5. The molecule has 2 unspecified atom stereocenters. The zero-order valence-electron chi connectivity index (χ0n) is 12.1. The van der Waals surface area contributed by atoms with E-state index < -0.39 is 0 Å². The van der Waals surface area contributed by atoms with Gasteiger partial charge in [-0.05, 0) is 31.1 Å². The number of hydrogen-bond acceptors (Lipinski definition) is 2. The first-order valence-electron chi connectivity index (χ1n) is 8.09. The molecule has 2 heteroatoms. The smallest absolute Gasteiger partial charge is 0.0750 e. The maximum atomic E-state index is 6.47. The summed E-state index contributed by atoms with van der Waals surface area (Å²) in [7, 11) is 1.86. The van der Waals surface area contributed by atoms with Crippen LogP contribution in [0.2, 0.25) is 0 Å². The van der Waals surface area contributed by atoms with Gasteiger partial charge in [0.2, 0.25) is 0 Å². The van der Waals surface area contributed by atoms with Crippen LogP contribution in [0.25, 0.3) is 0 Å². The summed E-state index contributed by atoms with van der Waals surface area (Å²) >= 11 is 0. The van der Waals surface area contributed by atoms with E-state index in [4.69, 9.17) is 10.5 Å². The molecule has 106 valence electrons. The molecule has 0 amide bonds. The first-order chi connectivity index (χ1) is 8.81. The second-order valence-electron chi connectivity index (χ2n) is 6.50. The maximum Gasteiger partial charge on any atom is 0.0750 e. The van der Waals surface area contributed by atoms with Gasteiger partial charge in [-0.1, -0.05) is 51.4 Å². The Hall–Kier alpha value is -0.0800. The van der Waals surface area contributed by atoms with E-state index in [0.717, 1.165) is 11.8 Å². The van der Waals surface area contributed by atoms with Crippen LogP contribution in [0.5, 0.6) is 0 Å². The monoisotopic (exact) mass is 253 g/mol. The molecular weight excluding hydrogens is 222 g/mol. The van der Waals surface area contributed by atoms with Crippen molar-refractivity contribution in [1.82, 2.24) is 0 Å². The molecule has 0 aromatic carbocycles. The highest BCUT2D eigenvalue weighted by Gasteiger charge is 2.30. The summed E-state index contributed by atoms with van der Waals surface area (Å²) in [6.07, 6.45) is 15.4. The average Bonchev–Trinajstić information content (AvgIpc) is 2.42. The lowest BCUT2D eigenvalue weighted by Gasteiger charge is -2.35. The van der Waals surface area contributed by atoms with Gasteiger partial charge in [-0.3, -0.25) is 0 Å². The lowest BCUT2D eigenvalue weighted by Crippen LogP contribution is -2.43. The highest BCUT2D eigenvalue weighted by atomic mass is 16.5. The third-order valence-electron chi connectivity index (χ3n) is 5.14. The first kappa shape index (κ1) is 14.3. The van der Waals surface area contributed by atoms with E-state index in [1.54, 1.807) is 0 Å². The Labute approximate surface area is 113 Å². The highest BCUT2D eigenvalue weighted by molar-refractivity contribution is 4.84. The average molecular weight is 253 g/mol. The van der Waals surface area contributed by atoms with Crippen LogP contribution >= 0.6 is 0 Å². The Bertz CT molecular complexity index is 219. The Kier molecular flexibility index (Phi) is 5.97. The third-order valence-corrected chi connectivity index (χ3v) is 5.14. The number of ether oxygens (including phenoxy) is 1. The quantitative estimate of drug-likeness (QED) is 0.807. The Morgan fingerprint density at radius 2 is 1.50 bits per heavy atom. The summed E-state index contributed by atoms with van der Waals surface area (Å²) in [5.41, 5.74) is 6.47. The predicted octanol–water partition coefficient (Wildman–Crippen LogP) is 3.88. The molecule has 2 N–H and O–H groups in total. The van der Waals surface area contributed by atoms with Crippen LogP contribution in [0, 0.1) is 11.8 Å². The van der Waals surface area contributed by atoms with Crippen molar-refractivity contribution in [3.8, 4) is 0 Å². The van der Waals surface area contributed by atoms with E-state index in [0.29, 0.717) is 6.10 Å². The normalized spacial score (nSPS) is 27.0. The molecule has 2 atom stereocenters. The second-order valence-corrected chi connectivity index (χ2v) is 6.50. The maximum absolute atomic E-state index is 6.47. The lowest BCUT2D eigenvalue weighted by molar-refractivity contribution is 0.0108. The van der Waals surface area contributed by atoms with E-state index in [1.165, 1.54) is 70.6 Å². The minimum absolute atomic E-state index is 0.265. The molecule has 2 nitrogen and oxygen atoms in total. The Morgan fingerprint density at radius 1 is 0.944 bits per heavy atom. The predicted molar refractivity (Wildman–Crippen MR) is 76.5 cm³/mol. The summed E-state index contributed by atoms with van der Waals surface area (Å²) < 4.78 is 5.77. The van der Waals surface area contributed by atoms with Crippen LogP contribution in [0.15, 0.2) is 0 Å². The van der Waals surface area contributed by atoms with Crippen LogP contribution in [-0.4, -0.2) is 19.3 Å². The fourth-order valence-corrected chi connectivity index (χ4v) is 4.12. The minimum Gasteiger partial charge on any atom is -0.380 e. The second kappa shape index (κ2) is 7.49. The molecule has 0 heterocycles. The van der Waals surface area contributed by atoms with Crippen molar-refractivity contribution in [3.63, 3.8) is 0 Å². The van der Waals surface area contributed by atoms with Crippen LogP contribution in [0.3, 0.4) is 0 Å². The highest BCUT2D eigenvalue weighted by Crippen LogP contribution is 2.32. The van der Waals surface area contributed by atoms with Crippen molar-refractivity contribution >= 4 is 0 Å². The molecule has 0 bridgehead atoms. The summed E-state index contributed by atoms with van der Waals surface area (Å²) in [6.45, 7) is 0. The van der Waals surface area contributed by atoms with Gasteiger partial charge in [-0.15, -0.1) is 0 Å². The van der Waals surface area contributed by atoms with E-state index >= 15 is 0 Å². The van der Waals surface area contributed by atoms with Gasteiger partial charge in [-0.2, -0.15) is 0 Å². The number of nitrogens with two attached hydrogens (primary N) is 1. The molecule has 2 saturated carbocycles. The zero-order valence-corrected chi connectivity index (χ0v) is 12.1.